The van der Waals surface area contributed by atoms with Crippen LogP contribution in [0.3, 0.4) is 0 Å². The van der Waals surface area contributed by atoms with Crippen LogP contribution in [0.2, 0.25) is 0 Å². The smallest absolute Gasteiger partial charge is 0.260 e. The van der Waals surface area contributed by atoms with E-state index in [2.05, 4.69) is 15.6 Å². The first-order chi connectivity index (χ1) is 14.7. The van der Waals surface area contributed by atoms with Gasteiger partial charge in [-0.1, -0.05) is 0 Å². The van der Waals surface area contributed by atoms with Crippen molar-refractivity contribution in [1.82, 2.24) is 10.3 Å². The predicted molar refractivity (Wildman–Crippen MR) is 105 cm³/mol. The molecule has 1 aromatic carbocycles. The lowest BCUT2D eigenvalue weighted by atomic mass is 10.2. The van der Waals surface area contributed by atoms with Gasteiger partial charge in [-0.05, 0) is 25.1 Å². The number of carbonyl (C=O) groups excluding carboxylic acids is 3. The fourth-order valence-corrected chi connectivity index (χ4v) is 3.16. The highest BCUT2D eigenvalue weighted by atomic mass is 32.1. The third kappa shape index (κ3) is 5.48. The molecule has 0 spiro atoms. The molecule has 2 aromatic heterocycles. The van der Waals surface area contributed by atoms with Crippen LogP contribution in [0.1, 0.15) is 21.8 Å². The number of furan rings is 1. The highest BCUT2D eigenvalue weighted by molar-refractivity contribution is 7.14. The first-order valence-corrected chi connectivity index (χ1v) is 9.62. The zero-order valence-corrected chi connectivity index (χ0v) is 16.7. The Morgan fingerprint density at radius 1 is 1.06 bits per heavy atom. The maximum Gasteiger partial charge on any atom is 0.260 e. The molecule has 31 heavy (non-hydrogen) atoms. The number of anilines is 2. The lowest BCUT2D eigenvalue weighted by molar-refractivity contribution is -0.123. The molecule has 0 atom stereocenters. The predicted octanol–water partition coefficient (Wildman–Crippen LogP) is 3.01. The van der Waals surface area contributed by atoms with Gasteiger partial charge in [0, 0.05) is 5.38 Å². The summed E-state index contributed by atoms with van der Waals surface area (Å²) in [6.07, 6.45) is 1.21. The van der Waals surface area contributed by atoms with E-state index in [1.54, 1.807) is 12.3 Å². The summed E-state index contributed by atoms with van der Waals surface area (Å²) in [6.45, 7) is 1.12. The topological polar surface area (TPSA) is 113 Å². The van der Waals surface area contributed by atoms with E-state index in [0.717, 1.165) is 17.4 Å². The Morgan fingerprint density at radius 3 is 2.55 bits per heavy atom. The average molecular weight is 452 g/mol. The molecule has 0 unspecified atom stereocenters. The Balaban J connectivity index is 1.48. The first-order valence-electron chi connectivity index (χ1n) is 8.74. The summed E-state index contributed by atoms with van der Waals surface area (Å²) < 4.78 is 44.7. The Labute approximate surface area is 177 Å². The van der Waals surface area contributed by atoms with Gasteiger partial charge in [0.1, 0.15) is 5.76 Å². The van der Waals surface area contributed by atoms with E-state index in [9.17, 15) is 27.6 Å². The SMILES string of the molecule is Cc1occc1C(=O)Nc1nc(CC(=O)NCC(=O)Nc2ccc(F)c(F)c2F)cs1. The van der Waals surface area contributed by atoms with E-state index in [-0.39, 0.29) is 11.6 Å². The number of halogens is 3. The summed E-state index contributed by atoms with van der Waals surface area (Å²) in [4.78, 5) is 40.0. The van der Waals surface area contributed by atoms with E-state index in [1.165, 1.54) is 12.3 Å². The number of benzene rings is 1. The molecule has 3 rings (SSSR count). The lowest BCUT2D eigenvalue weighted by Crippen LogP contribution is -2.34. The van der Waals surface area contributed by atoms with Gasteiger partial charge in [-0.3, -0.25) is 19.7 Å². The summed E-state index contributed by atoms with van der Waals surface area (Å²) in [5.74, 6) is -5.98. The zero-order chi connectivity index (χ0) is 22.5. The second kappa shape index (κ2) is 9.43. The maximum absolute atomic E-state index is 13.6. The molecular formula is C19H15F3N4O4S. The van der Waals surface area contributed by atoms with Crippen LogP contribution in [0.4, 0.5) is 24.0 Å². The van der Waals surface area contributed by atoms with Gasteiger partial charge < -0.3 is 15.1 Å². The van der Waals surface area contributed by atoms with Crippen molar-refractivity contribution in [3.63, 3.8) is 0 Å². The highest BCUT2D eigenvalue weighted by Crippen LogP contribution is 2.20. The third-order valence-electron chi connectivity index (χ3n) is 3.97. The molecule has 3 amide bonds. The first kappa shape index (κ1) is 22.0. The van der Waals surface area contributed by atoms with Gasteiger partial charge in [0.2, 0.25) is 11.8 Å². The molecule has 0 aliphatic carbocycles. The molecule has 0 bridgehead atoms. The summed E-state index contributed by atoms with van der Waals surface area (Å²) >= 11 is 1.11. The molecule has 162 valence electrons. The van der Waals surface area contributed by atoms with Gasteiger partial charge in [-0.15, -0.1) is 11.3 Å². The van der Waals surface area contributed by atoms with E-state index in [4.69, 9.17) is 4.42 Å². The number of thiazole rings is 1. The van der Waals surface area contributed by atoms with Crippen LogP contribution in [0, 0.1) is 24.4 Å². The summed E-state index contributed by atoms with van der Waals surface area (Å²) in [5.41, 5.74) is 0.164. The van der Waals surface area contributed by atoms with Crippen molar-refractivity contribution in [3.05, 3.63) is 64.3 Å². The molecule has 12 heteroatoms. The van der Waals surface area contributed by atoms with Gasteiger partial charge in [0.25, 0.3) is 5.91 Å². The van der Waals surface area contributed by atoms with E-state index < -0.39 is 47.4 Å². The second-order valence-electron chi connectivity index (χ2n) is 6.21. The Bertz CT molecular complexity index is 1150. The van der Waals surface area contributed by atoms with Crippen molar-refractivity contribution < 1.29 is 32.0 Å². The lowest BCUT2D eigenvalue weighted by Gasteiger charge is -2.08. The third-order valence-corrected chi connectivity index (χ3v) is 4.78. The van der Waals surface area contributed by atoms with Gasteiger partial charge in [-0.2, -0.15) is 0 Å². The van der Waals surface area contributed by atoms with Crippen LogP contribution >= 0.6 is 11.3 Å². The number of rotatable bonds is 7. The van der Waals surface area contributed by atoms with Crippen molar-refractivity contribution in [2.75, 3.05) is 17.2 Å². The Morgan fingerprint density at radius 2 is 1.84 bits per heavy atom. The Hall–Kier alpha value is -3.67. The summed E-state index contributed by atoms with van der Waals surface area (Å²) in [6, 6.07) is 3.05. The van der Waals surface area contributed by atoms with Crippen molar-refractivity contribution in [3.8, 4) is 0 Å². The fourth-order valence-electron chi connectivity index (χ4n) is 2.45. The van der Waals surface area contributed by atoms with Gasteiger partial charge in [0.15, 0.2) is 22.6 Å². The number of amides is 3. The van der Waals surface area contributed by atoms with Crippen molar-refractivity contribution in [2.45, 2.75) is 13.3 Å². The number of nitrogens with zero attached hydrogens (tertiary/aromatic N) is 1. The van der Waals surface area contributed by atoms with Gasteiger partial charge in [-0.25, -0.2) is 18.2 Å². The van der Waals surface area contributed by atoms with Crippen molar-refractivity contribution in [1.29, 1.82) is 0 Å². The average Bonchev–Trinajstić information content (AvgIpc) is 3.35. The highest BCUT2D eigenvalue weighted by Gasteiger charge is 2.17. The van der Waals surface area contributed by atoms with Gasteiger partial charge >= 0.3 is 0 Å². The maximum atomic E-state index is 13.6. The summed E-state index contributed by atoms with van der Waals surface area (Å²) in [5, 5.41) is 8.77. The minimum atomic E-state index is -1.71. The van der Waals surface area contributed by atoms with E-state index in [1.807, 2.05) is 5.32 Å². The summed E-state index contributed by atoms with van der Waals surface area (Å²) in [7, 11) is 0. The fraction of sp³-hybridized carbons (Fsp3) is 0.158. The molecule has 0 saturated carbocycles. The molecule has 0 aliphatic heterocycles. The van der Waals surface area contributed by atoms with Crippen LogP contribution in [0.25, 0.3) is 0 Å². The van der Waals surface area contributed by atoms with Crippen molar-refractivity contribution in [2.24, 2.45) is 0 Å². The van der Waals surface area contributed by atoms with Crippen LogP contribution in [0.15, 0.2) is 34.3 Å². The van der Waals surface area contributed by atoms with Crippen LogP contribution in [-0.4, -0.2) is 29.3 Å². The number of hydrogen-bond acceptors (Lipinski definition) is 6. The molecular weight excluding hydrogens is 437 g/mol. The van der Waals surface area contributed by atoms with Crippen molar-refractivity contribution >= 4 is 39.9 Å². The standard InChI is InChI=1S/C19H15F3N4O4S/c1-9-11(4-5-30-9)18(29)26-19-24-10(8-31-19)6-14(27)23-7-15(28)25-13-3-2-12(20)16(21)17(13)22/h2-5,8H,6-7H2,1H3,(H,23,27)(H,25,28)(H,24,26,29). The van der Waals surface area contributed by atoms with E-state index in [0.29, 0.717) is 23.1 Å². The van der Waals surface area contributed by atoms with E-state index >= 15 is 0 Å². The molecule has 0 fully saturated rings. The number of nitrogens with one attached hydrogen (secondary N) is 3. The molecule has 3 aromatic rings. The van der Waals surface area contributed by atoms with Crippen LogP contribution in [-0.2, 0) is 16.0 Å². The molecule has 0 saturated heterocycles. The minimum absolute atomic E-state index is 0.177. The normalized spacial score (nSPS) is 10.6. The van der Waals surface area contributed by atoms with Crippen LogP contribution < -0.4 is 16.0 Å². The van der Waals surface area contributed by atoms with Crippen LogP contribution in [0.5, 0.6) is 0 Å². The molecule has 2 heterocycles. The largest absolute Gasteiger partial charge is 0.469 e. The second-order valence-corrected chi connectivity index (χ2v) is 7.07. The number of aryl methyl sites for hydroxylation is 1. The number of aromatic nitrogens is 1. The number of hydrogen-bond donors (Lipinski definition) is 3. The number of carbonyl (C=O) groups is 3. The monoisotopic (exact) mass is 452 g/mol. The zero-order valence-electron chi connectivity index (χ0n) is 15.9. The quantitative estimate of drug-likeness (QED) is 0.477. The minimum Gasteiger partial charge on any atom is -0.469 e. The Kier molecular flexibility index (Phi) is 6.70. The molecule has 8 nitrogen and oxygen atoms in total. The molecule has 3 N–H and O–H groups in total. The molecule has 0 radical (unpaired) electrons. The molecule has 0 aliphatic rings. The van der Waals surface area contributed by atoms with Gasteiger partial charge in [0.05, 0.1) is 36.2 Å².